The highest BCUT2D eigenvalue weighted by molar-refractivity contribution is 5.75. The molecule has 1 N–H and O–H groups in total. The molecular formula is C12H19N3O4. The van der Waals surface area contributed by atoms with E-state index in [0.29, 0.717) is 19.7 Å². The first-order valence-electron chi connectivity index (χ1n) is 6.16. The Bertz CT molecular complexity index is 533. The summed E-state index contributed by atoms with van der Waals surface area (Å²) in [5.41, 5.74) is -0.935. The zero-order chi connectivity index (χ0) is 14.3. The van der Waals surface area contributed by atoms with Gasteiger partial charge in [-0.2, -0.15) is 0 Å². The molecule has 106 valence electrons. The number of aromatic nitrogens is 2. The van der Waals surface area contributed by atoms with Crippen molar-refractivity contribution in [1.82, 2.24) is 14.5 Å². The SMILES string of the molecule is CCCn1ccc(=O)n(CC(=O)NCCOC)c1=O. The second-order valence-electron chi connectivity index (χ2n) is 4.06. The van der Waals surface area contributed by atoms with Gasteiger partial charge >= 0.3 is 5.69 Å². The monoisotopic (exact) mass is 269 g/mol. The summed E-state index contributed by atoms with van der Waals surface area (Å²) >= 11 is 0. The summed E-state index contributed by atoms with van der Waals surface area (Å²) < 4.78 is 7.14. The Kier molecular flexibility index (Phi) is 6.01. The molecule has 1 aromatic rings. The van der Waals surface area contributed by atoms with E-state index < -0.39 is 11.2 Å². The predicted molar refractivity (Wildman–Crippen MR) is 70.1 cm³/mol. The molecule has 0 saturated heterocycles. The second-order valence-corrected chi connectivity index (χ2v) is 4.06. The van der Waals surface area contributed by atoms with E-state index in [-0.39, 0.29) is 12.5 Å². The lowest BCUT2D eigenvalue weighted by atomic mass is 10.4. The van der Waals surface area contributed by atoms with Crippen LogP contribution >= 0.6 is 0 Å². The van der Waals surface area contributed by atoms with Gasteiger partial charge in [0, 0.05) is 32.5 Å². The minimum atomic E-state index is -0.473. The Balaban J connectivity index is 2.82. The van der Waals surface area contributed by atoms with Crippen LogP contribution in [0.15, 0.2) is 21.9 Å². The quantitative estimate of drug-likeness (QED) is 0.656. The Labute approximate surface area is 110 Å². The summed E-state index contributed by atoms with van der Waals surface area (Å²) in [4.78, 5) is 35.2. The van der Waals surface area contributed by atoms with E-state index in [1.807, 2.05) is 6.92 Å². The number of methoxy groups -OCH3 is 1. The number of nitrogens with one attached hydrogen (secondary N) is 1. The van der Waals surface area contributed by atoms with Gasteiger partial charge in [0.1, 0.15) is 6.54 Å². The maximum Gasteiger partial charge on any atom is 0.331 e. The molecule has 7 heteroatoms. The van der Waals surface area contributed by atoms with Crippen molar-refractivity contribution in [2.75, 3.05) is 20.3 Å². The van der Waals surface area contributed by atoms with Crippen LogP contribution in [0.3, 0.4) is 0 Å². The molecule has 1 heterocycles. The van der Waals surface area contributed by atoms with E-state index in [2.05, 4.69) is 5.32 Å². The van der Waals surface area contributed by atoms with E-state index in [4.69, 9.17) is 4.74 Å². The van der Waals surface area contributed by atoms with E-state index >= 15 is 0 Å². The number of carbonyl (C=O) groups excluding carboxylic acids is 1. The Morgan fingerprint density at radius 2 is 2.16 bits per heavy atom. The molecule has 1 rings (SSSR count). The van der Waals surface area contributed by atoms with Gasteiger partial charge in [-0.05, 0) is 6.42 Å². The highest BCUT2D eigenvalue weighted by Gasteiger charge is 2.09. The summed E-state index contributed by atoms with van der Waals surface area (Å²) in [7, 11) is 1.53. The Hall–Kier alpha value is -1.89. The van der Waals surface area contributed by atoms with Crippen LogP contribution in [0.2, 0.25) is 0 Å². The van der Waals surface area contributed by atoms with Gasteiger partial charge in [-0.25, -0.2) is 4.79 Å². The number of ether oxygens (including phenoxy) is 1. The first kappa shape index (κ1) is 15.2. The first-order valence-corrected chi connectivity index (χ1v) is 6.16. The summed E-state index contributed by atoms with van der Waals surface area (Å²) in [5, 5.41) is 2.57. The van der Waals surface area contributed by atoms with Crippen molar-refractivity contribution in [3.05, 3.63) is 33.1 Å². The second kappa shape index (κ2) is 7.52. The molecule has 0 radical (unpaired) electrons. The molecule has 1 amide bonds. The molecule has 1 aromatic heterocycles. The predicted octanol–water partition coefficient (Wildman–Crippen LogP) is -0.817. The molecule has 0 unspecified atom stereocenters. The fourth-order valence-electron chi connectivity index (χ4n) is 1.61. The largest absolute Gasteiger partial charge is 0.383 e. The summed E-state index contributed by atoms with van der Waals surface area (Å²) in [6.45, 7) is 2.91. The fourth-order valence-corrected chi connectivity index (χ4v) is 1.61. The van der Waals surface area contributed by atoms with E-state index in [0.717, 1.165) is 11.0 Å². The van der Waals surface area contributed by atoms with Crippen LogP contribution in [-0.2, 0) is 22.6 Å². The van der Waals surface area contributed by atoms with E-state index in [9.17, 15) is 14.4 Å². The van der Waals surface area contributed by atoms with Gasteiger partial charge in [0.25, 0.3) is 5.56 Å². The molecule has 0 aliphatic heterocycles. The lowest BCUT2D eigenvalue weighted by molar-refractivity contribution is -0.122. The maximum atomic E-state index is 12.0. The molecule has 0 atom stereocenters. The van der Waals surface area contributed by atoms with E-state index in [1.165, 1.54) is 23.9 Å². The van der Waals surface area contributed by atoms with Gasteiger partial charge in [0.2, 0.25) is 5.91 Å². The van der Waals surface area contributed by atoms with Gasteiger partial charge in [-0.15, -0.1) is 0 Å². The van der Waals surface area contributed by atoms with Crippen molar-refractivity contribution in [3.8, 4) is 0 Å². The normalized spacial score (nSPS) is 10.4. The van der Waals surface area contributed by atoms with Crippen molar-refractivity contribution >= 4 is 5.91 Å². The number of rotatable bonds is 7. The summed E-state index contributed by atoms with van der Waals surface area (Å²) in [5.74, 6) is -0.384. The summed E-state index contributed by atoms with van der Waals surface area (Å²) in [6.07, 6.45) is 2.23. The molecule has 0 spiro atoms. The molecule has 0 aromatic carbocycles. The molecule has 0 aliphatic rings. The third-order valence-corrected chi connectivity index (χ3v) is 2.53. The zero-order valence-corrected chi connectivity index (χ0v) is 11.2. The van der Waals surface area contributed by atoms with Crippen molar-refractivity contribution < 1.29 is 9.53 Å². The molecule has 7 nitrogen and oxygen atoms in total. The van der Waals surface area contributed by atoms with Crippen LogP contribution in [0.5, 0.6) is 0 Å². The van der Waals surface area contributed by atoms with Crippen LogP contribution in [0.4, 0.5) is 0 Å². The molecule has 0 fully saturated rings. The third kappa shape index (κ3) is 4.36. The van der Waals surface area contributed by atoms with Crippen LogP contribution < -0.4 is 16.6 Å². The van der Waals surface area contributed by atoms with Gasteiger partial charge in [-0.1, -0.05) is 6.92 Å². The van der Waals surface area contributed by atoms with Crippen molar-refractivity contribution in [1.29, 1.82) is 0 Å². The summed E-state index contributed by atoms with van der Waals surface area (Å²) in [6, 6.07) is 1.29. The smallest absolute Gasteiger partial charge is 0.331 e. The van der Waals surface area contributed by atoms with Gasteiger partial charge < -0.3 is 14.6 Å². The zero-order valence-electron chi connectivity index (χ0n) is 11.2. The lowest BCUT2D eigenvalue weighted by Gasteiger charge is -2.09. The molecule has 0 aliphatic carbocycles. The number of nitrogens with zero attached hydrogens (tertiary/aromatic N) is 2. The molecule has 0 saturated carbocycles. The number of amides is 1. The number of carbonyl (C=O) groups is 1. The standard InChI is InChI=1S/C12H19N3O4/c1-3-6-14-7-4-11(17)15(12(14)18)9-10(16)13-5-8-19-2/h4,7H,3,5-6,8-9H2,1-2H3,(H,13,16). The van der Waals surface area contributed by atoms with Crippen LogP contribution in [0.1, 0.15) is 13.3 Å². The topological polar surface area (TPSA) is 82.3 Å². The van der Waals surface area contributed by atoms with Gasteiger partial charge in [-0.3, -0.25) is 14.2 Å². The van der Waals surface area contributed by atoms with Crippen LogP contribution in [0, 0.1) is 0 Å². The number of aryl methyl sites for hydroxylation is 1. The maximum absolute atomic E-state index is 12.0. The van der Waals surface area contributed by atoms with Crippen molar-refractivity contribution in [3.63, 3.8) is 0 Å². The number of hydrogen-bond acceptors (Lipinski definition) is 4. The molecular weight excluding hydrogens is 250 g/mol. The highest BCUT2D eigenvalue weighted by atomic mass is 16.5. The van der Waals surface area contributed by atoms with Crippen LogP contribution in [0.25, 0.3) is 0 Å². The molecule has 0 bridgehead atoms. The van der Waals surface area contributed by atoms with Crippen molar-refractivity contribution in [2.45, 2.75) is 26.4 Å². The minimum Gasteiger partial charge on any atom is -0.383 e. The minimum absolute atomic E-state index is 0.272. The van der Waals surface area contributed by atoms with Crippen molar-refractivity contribution in [2.24, 2.45) is 0 Å². The Morgan fingerprint density at radius 3 is 2.79 bits per heavy atom. The third-order valence-electron chi connectivity index (χ3n) is 2.53. The average Bonchev–Trinajstić information content (AvgIpc) is 2.38. The van der Waals surface area contributed by atoms with E-state index in [1.54, 1.807) is 0 Å². The highest BCUT2D eigenvalue weighted by Crippen LogP contribution is 1.84. The van der Waals surface area contributed by atoms with Gasteiger partial charge in [0.05, 0.1) is 6.61 Å². The fraction of sp³-hybridized carbons (Fsp3) is 0.583. The number of hydrogen-bond donors (Lipinski definition) is 1. The van der Waals surface area contributed by atoms with Gasteiger partial charge in [0.15, 0.2) is 0 Å². The average molecular weight is 269 g/mol. The first-order chi connectivity index (χ1) is 9.10. The van der Waals surface area contributed by atoms with Crippen LogP contribution in [-0.4, -0.2) is 35.3 Å². The lowest BCUT2D eigenvalue weighted by Crippen LogP contribution is -2.43. The molecule has 19 heavy (non-hydrogen) atoms. The Morgan fingerprint density at radius 1 is 1.42 bits per heavy atom.